The van der Waals surface area contributed by atoms with Crippen molar-refractivity contribution in [2.75, 3.05) is 5.73 Å². The molecule has 2 rings (SSSR count). The molecule has 1 unspecified atom stereocenters. The van der Waals surface area contributed by atoms with Gasteiger partial charge >= 0.3 is 0 Å². The predicted molar refractivity (Wildman–Crippen MR) is 72.5 cm³/mol. The van der Waals surface area contributed by atoms with Gasteiger partial charge in [0, 0.05) is 17.3 Å². The number of benzene rings is 1. The maximum atomic E-state index is 12.0. The monoisotopic (exact) mass is 254 g/mol. The lowest BCUT2D eigenvalue weighted by molar-refractivity contribution is 0.0935. The Kier molecular flexibility index (Phi) is 4.40. The number of anilines is 1. The van der Waals surface area contributed by atoms with Crippen molar-refractivity contribution >= 4 is 24.0 Å². The first-order valence-electron chi connectivity index (χ1n) is 5.75. The zero-order chi connectivity index (χ0) is 11.7. The van der Waals surface area contributed by atoms with Crippen molar-refractivity contribution in [2.24, 2.45) is 5.92 Å². The summed E-state index contributed by atoms with van der Waals surface area (Å²) in [4.78, 5) is 12.0. The van der Waals surface area contributed by atoms with Crippen LogP contribution in [-0.4, -0.2) is 11.9 Å². The third-order valence-electron chi connectivity index (χ3n) is 3.19. The second-order valence-electron chi connectivity index (χ2n) is 4.67. The summed E-state index contributed by atoms with van der Waals surface area (Å²) in [5.41, 5.74) is 7.98. The Morgan fingerprint density at radius 2 is 2.12 bits per heavy atom. The van der Waals surface area contributed by atoms with Crippen LogP contribution in [-0.2, 0) is 0 Å². The number of amides is 1. The highest BCUT2D eigenvalue weighted by Crippen LogP contribution is 2.32. The molecule has 17 heavy (non-hydrogen) atoms. The van der Waals surface area contributed by atoms with Crippen LogP contribution >= 0.6 is 12.4 Å². The van der Waals surface area contributed by atoms with E-state index in [1.807, 2.05) is 19.1 Å². The second kappa shape index (κ2) is 5.41. The minimum atomic E-state index is -0.0100. The fourth-order valence-electron chi connectivity index (χ4n) is 1.88. The van der Waals surface area contributed by atoms with Crippen LogP contribution in [0.2, 0.25) is 0 Å². The zero-order valence-corrected chi connectivity index (χ0v) is 11.0. The highest BCUT2D eigenvalue weighted by atomic mass is 35.5. The number of hydrogen-bond acceptors (Lipinski definition) is 2. The smallest absolute Gasteiger partial charge is 0.251 e. The van der Waals surface area contributed by atoms with Crippen LogP contribution in [0.1, 0.15) is 35.7 Å². The topological polar surface area (TPSA) is 55.1 Å². The molecule has 1 aromatic rings. The van der Waals surface area contributed by atoms with E-state index in [0.29, 0.717) is 17.2 Å². The number of carbonyl (C=O) groups excluding carboxylic acids is 1. The molecule has 1 aliphatic carbocycles. The summed E-state index contributed by atoms with van der Waals surface area (Å²) >= 11 is 0. The Balaban J connectivity index is 0.00000144. The highest BCUT2D eigenvalue weighted by Gasteiger charge is 2.29. The molecule has 0 bridgehead atoms. The summed E-state index contributed by atoms with van der Waals surface area (Å²) in [6.07, 6.45) is 2.47. The molecule has 3 N–H and O–H groups in total. The molecule has 0 heterocycles. The van der Waals surface area contributed by atoms with Gasteiger partial charge in [-0.25, -0.2) is 0 Å². The fraction of sp³-hybridized carbons (Fsp3) is 0.462. The van der Waals surface area contributed by atoms with Crippen molar-refractivity contribution in [3.8, 4) is 0 Å². The van der Waals surface area contributed by atoms with Gasteiger partial charge in [0.25, 0.3) is 5.91 Å². The Hall–Kier alpha value is -1.22. The van der Waals surface area contributed by atoms with Gasteiger partial charge in [-0.1, -0.05) is 6.07 Å². The molecule has 1 atom stereocenters. The number of aryl methyl sites for hydroxylation is 1. The second-order valence-corrected chi connectivity index (χ2v) is 4.67. The molecule has 0 radical (unpaired) electrons. The van der Waals surface area contributed by atoms with Crippen LogP contribution in [0.25, 0.3) is 0 Å². The van der Waals surface area contributed by atoms with E-state index in [1.54, 1.807) is 6.07 Å². The molecule has 1 fully saturated rings. The van der Waals surface area contributed by atoms with Gasteiger partial charge in [0.1, 0.15) is 0 Å². The van der Waals surface area contributed by atoms with E-state index in [1.165, 1.54) is 12.8 Å². The molecule has 0 saturated heterocycles. The van der Waals surface area contributed by atoms with E-state index < -0.39 is 0 Å². The largest absolute Gasteiger partial charge is 0.399 e. The number of halogens is 1. The van der Waals surface area contributed by atoms with E-state index in [9.17, 15) is 4.79 Å². The van der Waals surface area contributed by atoms with Gasteiger partial charge in [-0.15, -0.1) is 12.4 Å². The van der Waals surface area contributed by atoms with Gasteiger partial charge in [-0.2, -0.15) is 0 Å². The van der Waals surface area contributed by atoms with Crippen LogP contribution < -0.4 is 11.1 Å². The first-order chi connectivity index (χ1) is 7.58. The molecular weight excluding hydrogens is 236 g/mol. The summed E-state index contributed by atoms with van der Waals surface area (Å²) in [5, 5.41) is 3.03. The molecule has 4 heteroatoms. The molecule has 3 nitrogen and oxygen atoms in total. The first kappa shape index (κ1) is 13.8. The Morgan fingerprint density at radius 1 is 1.47 bits per heavy atom. The van der Waals surface area contributed by atoms with Crippen molar-refractivity contribution in [1.82, 2.24) is 5.32 Å². The van der Waals surface area contributed by atoms with Gasteiger partial charge in [0.05, 0.1) is 0 Å². The summed E-state index contributed by atoms with van der Waals surface area (Å²) in [6, 6.07) is 5.71. The van der Waals surface area contributed by atoms with Crippen LogP contribution in [0, 0.1) is 12.8 Å². The summed E-state index contributed by atoms with van der Waals surface area (Å²) in [7, 11) is 0. The SMILES string of the molecule is Cc1ccc(N)cc1C(=O)NC(C)C1CC1.Cl. The quantitative estimate of drug-likeness (QED) is 0.815. The molecule has 0 aromatic heterocycles. The van der Waals surface area contributed by atoms with Gasteiger partial charge in [-0.05, 0) is 50.3 Å². The van der Waals surface area contributed by atoms with Gasteiger partial charge in [-0.3, -0.25) is 4.79 Å². The summed E-state index contributed by atoms with van der Waals surface area (Å²) < 4.78 is 0. The number of nitrogens with two attached hydrogens (primary N) is 1. The third-order valence-corrected chi connectivity index (χ3v) is 3.19. The van der Waals surface area contributed by atoms with E-state index in [0.717, 1.165) is 5.56 Å². The summed E-state index contributed by atoms with van der Waals surface area (Å²) in [5.74, 6) is 0.662. The number of carbonyl (C=O) groups is 1. The van der Waals surface area contributed by atoms with Crippen molar-refractivity contribution < 1.29 is 4.79 Å². The van der Waals surface area contributed by atoms with Crippen molar-refractivity contribution in [3.63, 3.8) is 0 Å². The Morgan fingerprint density at radius 3 is 2.71 bits per heavy atom. The molecule has 1 saturated carbocycles. The standard InChI is InChI=1S/C13H18N2O.ClH/c1-8-3-6-11(14)7-12(8)13(16)15-9(2)10-4-5-10;/h3,6-7,9-10H,4-5,14H2,1-2H3,(H,15,16);1H. The van der Waals surface area contributed by atoms with E-state index in [-0.39, 0.29) is 24.4 Å². The number of nitrogen functional groups attached to an aromatic ring is 1. The fourth-order valence-corrected chi connectivity index (χ4v) is 1.88. The zero-order valence-electron chi connectivity index (χ0n) is 10.2. The van der Waals surface area contributed by atoms with Crippen molar-refractivity contribution in [3.05, 3.63) is 29.3 Å². The Labute approximate surface area is 108 Å². The first-order valence-corrected chi connectivity index (χ1v) is 5.75. The maximum absolute atomic E-state index is 12.0. The average molecular weight is 255 g/mol. The lowest BCUT2D eigenvalue weighted by Crippen LogP contribution is -2.34. The maximum Gasteiger partial charge on any atom is 0.251 e. The van der Waals surface area contributed by atoms with Crippen molar-refractivity contribution in [1.29, 1.82) is 0 Å². The molecule has 1 aromatic carbocycles. The number of hydrogen-bond donors (Lipinski definition) is 2. The minimum Gasteiger partial charge on any atom is -0.399 e. The lowest BCUT2D eigenvalue weighted by Gasteiger charge is -2.14. The van der Waals surface area contributed by atoms with Gasteiger partial charge < -0.3 is 11.1 Å². The van der Waals surface area contributed by atoms with E-state index in [2.05, 4.69) is 12.2 Å². The Bertz CT molecular complexity index is 416. The van der Waals surface area contributed by atoms with Crippen molar-refractivity contribution in [2.45, 2.75) is 32.7 Å². The lowest BCUT2D eigenvalue weighted by atomic mass is 10.1. The van der Waals surface area contributed by atoms with Crippen LogP contribution in [0.3, 0.4) is 0 Å². The van der Waals surface area contributed by atoms with Gasteiger partial charge in [0.15, 0.2) is 0 Å². The van der Waals surface area contributed by atoms with Crippen LogP contribution in [0.4, 0.5) is 5.69 Å². The minimum absolute atomic E-state index is 0. The number of nitrogens with one attached hydrogen (secondary N) is 1. The van der Waals surface area contributed by atoms with Crippen LogP contribution in [0.5, 0.6) is 0 Å². The van der Waals surface area contributed by atoms with E-state index >= 15 is 0 Å². The highest BCUT2D eigenvalue weighted by molar-refractivity contribution is 5.96. The third kappa shape index (κ3) is 3.37. The average Bonchev–Trinajstić information content (AvgIpc) is 3.04. The number of rotatable bonds is 3. The van der Waals surface area contributed by atoms with Gasteiger partial charge in [0.2, 0.25) is 0 Å². The molecule has 0 aliphatic heterocycles. The van der Waals surface area contributed by atoms with Crippen LogP contribution in [0.15, 0.2) is 18.2 Å². The molecule has 1 amide bonds. The van der Waals surface area contributed by atoms with E-state index in [4.69, 9.17) is 5.73 Å². The predicted octanol–water partition coefficient (Wildman–Crippen LogP) is 2.53. The molecule has 0 spiro atoms. The molecular formula is C13H19ClN2O. The summed E-state index contributed by atoms with van der Waals surface area (Å²) in [6.45, 7) is 3.99. The normalized spacial score (nSPS) is 15.9. The molecule has 1 aliphatic rings. The molecule has 94 valence electrons.